The number of hydrogen-bond acceptors (Lipinski definition) is 6. The van der Waals surface area contributed by atoms with Crippen LogP contribution in [0, 0.1) is 24.0 Å². The van der Waals surface area contributed by atoms with Crippen LogP contribution in [0.5, 0.6) is 0 Å². The lowest BCUT2D eigenvalue weighted by Crippen LogP contribution is -2.10. The van der Waals surface area contributed by atoms with E-state index in [9.17, 15) is 23.3 Å². The summed E-state index contributed by atoms with van der Waals surface area (Å²) >= 11 is 0. The molecule has 0 unspecified atom stereocenters. The Labute approximate surface area is 109 Å². The first-order valence-electron chi connectivity index (χ1n) is 5.28. The summed E-state index contributed by atoms with van der Waals surface area (Å²) in [5.41, 5.74) is -2.86. The molecule has 0 bridgehead atoms. The first-order chi connectivity index (χ1) is 9.20. The molecule has 0 N–H and O–H groups in total. The Kier molecular flexibility index (Phi) is 3.19. The van der Waals surface area contributed by atoms with Gasteiger partial charge in [-0.15, -0.1) is 10.2 Å². The molecule has 0 fully saturated rings. The molecule has 0 amide bonds. The highest BCUT2D eigenvalue weighted by Gasteiger charge is 2.44. The molecule has 0 aliphatic carbocycles. The molecule has 2 aromatic heterocycles. The van der Waals surface area contributed by atoms with Crippen LogP contribution in [0.1, 0.15) is 23.2 Å². The van der Waals surface area contributed by atoms with E-state index in [0.717, 1.165) is 4.68 Å². The fourth-order valence-electron chi connectivity index (χ4n) is 1.63. The Morgan fingerprint density at radius 1 is 1.35 bits per heavy atom. The van der Waals surface area contributed by atoms with Gasteiger partial charge in [-0.1, -0.05) is 0 Å². The largest absolute Gasteiger partial charge is 0.442 e. The summed E-state index contributed by atoms with van der Waals surface area (Å²) in [6.45, 7) is 2.41. The number of aromatic nitrogens is 4. The van der Waals surface area contributed by atoms with Crippen molar-refractivity contribution in [3.63, 3.8) is 0 Å². The van der Waals surface area contributed by atoms with E-state index in [4.69, 9.17) is 4.42 Å². The number of aryl methyl sites for hydroxylation is 1. The summed E-state index contributed by atoms with van der Waals surface area (Å²) < 4.78 is 44.0. The minimum Gasteiger partial charge on any atom is -0.424 e. The Bertz CT molecular complexity index is 660. The Hall–Kier alpha value is -2.46. The predicted octanol–water partition coefficient (Wildman–Crippen LogP) is 1.86. The number of hydrogen-bond donors (Lipinski definition) is 0. The number of alkyl halides is 3. The van der Waals surface area contributed by atoms with Crippen molar-refractivity contribution >= 4 is 5.69 Å². The van der Waals surface area contributed by atoms with Gasteiger partial charge in [-0.05, 0) is 6.92 Å². The van der Waals surface area contributed by atoms with Gasteiger partial charge in [-0.3, -0.25) is 14.8 Å². The van der Waals surface area contributed by atoms with Gasteiger partial charge in [0.05, 0.1) is 4.92 Å². The van der Waals surface area contributed by atoms with Gasteiger partial charge < -0.3 is 4.42 Å². The lowest BCUT2D eigenvalue weighted by atomic mass is 10.3. The fourth-order valence-corrected chi connectivity index (χ4v) is 1.63. The van der Waals surface area contributed by atoms with Gasteiger partial charge in [-0.2, -0.15) is 18.3 Å². The van der Waals surface area contributed by atoms with E-state index in [2.05, 4.69) is 15.3 Å². The van der Waals surface area contributed by atoms with Crippen molar-refractivity contribution in [3.8, 4) is 0 Å². The summed E-state index contributed by atoms with van der Waals surface area (Å²) in [6.07, 6.45) is -4.91. The Morgan fingerprint density at radius 3 is 2.40 bits per heavy atom. The molecule has 2 aromatic rings. The average molecular weight is 291 g/mol. The Balaban J connectivity index is 2.47. The molecule has 0 saturated carbocycles. The standard InChI is InChI=1S/C9H8F3N5O3/c1-4-7(17(18)19)8(9(10,11)12)15-16(4)3-6-14-13-5(2)20-6/h3H2,1-2H3. The normalized spacial score (nSPS) is 11.8. The summed E-state index contributed by atoms with van der Waals surface area (Å²) in [4.78, 5) is 9.65. The maximum absolute atomic E-state index is 12.7. The fraction of sp³-hybridized carbons (Fsp3) is 0.444. The first-order valence-corrected chi connectivity index (χ1v) is 5.28. The molecule has 0 aliphatic heterocycles. The smallest absolute Gasteiger partial charge is 0.424 e. The van der Waals surface area contributed by atoms with E-state index in [-0.39, 0.29) is 24.0 Å². The number of nitro groups is 1. The average Bonchev–Trinajstić information content (AvgIpc) is 2.84. The zero-order valence-electron chi connectivity index (χ0n) is 10.3. The van der Waals surface area contributed by atoms with Crippen molar-refractivity contribution in [2.45, 2.75) is 26.6 Å². The van der Waals surface area contributed by atoms with Crippen LogP contribution in [0.4, 0.5) is 18.9 Å². The van der Waals surface area contributed by atoms with Crippen LogP contribution in [0.15, 0.2) is 4.42 Å². The molecule has 11 heteroatoms. The first kappa shape index (κ1) is 14.0. The van der Waals surface area contributed by atoms with Crippen LogP contribution in [0.2, 0.25) is 0 Å². The monoisotopic (exact) mass is 291 g/mol. The third-order valence-corrected chi connectivity index (χ3v) is 2.48. The van der Waals surface area contributed by atoms with Crippen molar-refractivity contribution in [2.24, 2.45) is 0 Å². The Morgan fingerprint density at radius 2 is 2.00 bits per heavy atom. The van der Waals surface area contributed by atoms with Crippen molar-refractivity contribution in [1.82, 2.24) is 20.0 Å². The second-order valence-electron chi connectivity index (χ2n) is 3.91. The second kappa shape index (κ2) is 4.58. The summed E-state index contributed by atoms with van der Waals surface area (Å²) in [5.74, 6) is 0.243. The van der Waals surface area contributed by atoms with Gasteiger partial charge in [0.25, 0.3) is 0 Å². The van der Waals surface area contributed by atoms with Crippen LogP contribution in [0.25, 0.3) is 0 Å². The molecule has 0 atom stereocenters. The lowest BCUT2D eigenvalue weighted by Gasteiger charge is -2.00. The maximum atomic E-state index is 12.7. The second-order valence-corrected chi connectivity index (χ2v) is 3.91. The van der Waals surface area contributed by atoms with Crippen molar-refractivity contribution < 1.29 is 22.5 Å². The van der Waals surface area contributed by atoms with Crippen LogP contribution in [-0.4, -0.2) is 24.9 Å². The molecule has 2 heterocycles. The van der Waals surface area contributed by atoms with Crippen molar-refractivity contribution in [2.75, 3.05) is 0 Å². The van der Waals surface area contributed by atoms with Gasteiger partial charge >= 0.3 is 11.9 Å². The third-order valence-electron chi connectivity index (χ3n) is 2.48. The molecule has 0 radical (unpaired) electrons. The highest BCUT2D eigenvalue weighted by molar-refractivity contribution is 5.42. The van der Waals surface area contributed by atoms with E-state index < -0.39 is 22.5 Å². The van der Waals surface area contributed by atoms with E-state index in [0.29, 0.717) is 0 Å². The summed E-state index contributed by atoms with van der Waals surface area (Å²) in [7, 11) is 0. The van der Waals surface area contributed by atoms with Gasteiger partial charge in [0.2, 0.25) is 17.5 Å². The molecular formula is C9H8F3N5O3. The van der Waals surface area contributed by atoms with E-state index in [1.165, 1.54) is 13.8 Å². The van der Waals surface area contributed by atoms with Crippen LogP contribution in [-0.2, 0) is 12.7 Å². The van der Waals surface area contributed by atoms with E-state index >= 15 is 0 Å². The predicted molar refractivity (Wildman–Crippen MR) is 56.8 cm³/mol. The van der Waals surface area contributed by atoms with Gasteiger partial charge in [0, 0.05) is 6.92 Å². The van der Waals surface area contributed by atoms with Crippen molar-refractivity contribution in [1.29, 1.82) is 0 Å². The van der Waals surface area contributed by atoms with Gasteiger partial charge in [0.15, 0.2) is 0 Å². The lowest BCUT2D eigenvalue weighted by molar-refractivity contribution is -0.388. The highest BCUT2D eigenvalue weighted by atomic mass is 19.4. The van der Waals surface area contributed by atoms with E-state index in [1.54, 1.807) is 0 Å². The molecule has 108 valence electrons. The van der Waals surface area contributed by atoms with Crippen LogP contribution >= 0.6 is 0 Å². The minimum absolute atomic E-state index is 0.0109. The van der Waals surface area contributed by atoms with E-state index in [1.807, 2.05) is 0 Å². The van der Waals surface area contributed by atoms with Crippen LogP contribution < -0.4 is 0 Å². The number of rotatable bonds is 3. The SMILES string of the molecule is Cc1nnc(Cn2nc(C(F)(F)F)c([N+](=O)[O-])c2C)o1. The molecule has 20 heavy (non-hydrogen) atoms. The number of nitrogens with zero attached hydrogens (tertiary/aromatic N) is 5. The zero-order chi connectivity index (χ0) is 15.1. The van der Waals surface area contributed by atoms with Crippen LogP contribution in [0.3, 0.4) is 0 Å². The summed E-state index contributed by atoms with van der Waals surface area (Å²) in [5, 5.41) is 21.1. The molecule has 0 saturated heterocycles. The minimum atomic E-state index is -4.91. The van der Waals surface area contributed by atoms with Gasteiger partial charge in [0.1, 0.15) is 12.2 Å². The molecule has 2 rings (SSSR count). The maximum Gasteiger partial charge on any atom is 0.442 e. The molecular weight excluding hydrogens is 283 g/mol. The topological polar surface area (TPSA) is 99.9 Å². The zero-order valence-corrected chi connectivity index (χ0v) is 10.3. The summed E-state index contributed by atoms with van der Waals surface area (Å²) in [6, 6.07) is 0. The van der Waals surface area contributed by atoms with Crippen molar-refractivity contribution in [3.05, 3.63) is 33.3 Å². The third kappa shape index (κ3) is 2.46. The van der Waals surface area contributed by atoms with Gasteiger partial charge in [-0.25, -0.2) is 0 Å². The molecule has 0 spiro atoms. The highest BCUT2D eigenvalue weighted by Crippen LogP contribution is 2.37. The molecule has 8 nitrogen and oxygen atoms in total. The number of halogens is 3. The quantitative estimate of drug-likeness (QED) is 0.632. The molecule has 0 aromatic carbocycles. The molecule has 0 aliphatic rings.